The van der Waals surface area contributed by atoms with E-state index in [1.807, 2.05) is 38.1 Å². The highest BCUT2D eigenvalue weighted by Gasteiger charge is 2.07. The summed E-state index contributed by atoms with van der Waals surface area (Å²) in [5.74, 6) is 0.834. The molecule has 2 rings (SSSR count). The Kier molecular flexibility index (Phi) is 5.14. The summed E-state index contributed by atoms with van der Waals surface area (Å²) in [5, 5.41) is 3.26. The number of nitrogens with one attached hydrogen (secondary N) is 1. The molecule has 0 atom stereocenters. The maximum absolute atomic E-state index is 12.7. The quantitative estimate of drug-likeness (QED) is 0.813. The molecule has 0 radical (unpaired) electrons. The summed E-state index contributed by atoms with van der Waals surface area (Å²) in [6, 6.07) is 12.3. The van der Waals surface area contributed by atoms with E-state index >= 15 is 0 Å². The second-order valence-corrected chi connectivity index (χ2v) is 4.81. The highest BCUT2D eigenvalue weighted by atomic mass is 19.3. The molecule has 0 aliphatic rings. The molecule has 2 aromatic rings. The van der Waals surface area contributed by atoms with Gasteiger partial charge in [-0.2, -0.15) is 0 Å². The van der Waals surface area contributed by atoms with Crippen molar-refractivity contribution in [2.24, 2.45) is 0 Å². The fourth-order valence-electron chi connectivity index (χ4n) is 2.13. The van der Waals surface area contributed by atoms with Gasteiger partial charge in [-0.25, -0.2) is 8.78 Å². The number of rotatable bonds is 6. The van der Waals surface area contributed by atoms with E-state index < -0.39 is 6.43 Å². The number of hydrogen-bond acceptors (Lipinski definition) is 2. The number of alkyl halides is 2. The van der Waals surface area contributed by atoms with Gasteiger partial charge in [0.1, 0.15) is 5.75 Å². The summed E-state index contributed by atoms with van der Waals surface area (Å²) in [7, 11) is 0. The predicted molar refractivity (Wildman–Crippen MR) is 81.1 cm³/mol. The van der Waals surface area contributed by atoms with Crippen molar-refractivity contribution in [3.05, 3.63) is 59.2 Å². The van der Waals surface area contributed by atoms with Crippen LogP contribution >= 0.6 is 0 Å². The van der Waals surface area contributed by atoms with Crippen molar-refractivity contribution in [3.63, 3.8) is 0 Å². The normalized spacial score (nSPS) is 10.7. The fourth-order valence-corrected chi connectivity index (χ4v) is 2.13. The molecule has 0 aromatic heterocycles. The first-order valence-corrected chi connectivity index (χ1v) is 6.94. The highest BCUT2D eigenvalue weighted by molar-refractivity contribution is 5.53. The number of aryl methyl sites for hydroxylation is 1. The van der Waals surface area contributed by atoms with E-state index in [0.717, 1.165) is 22.6 Å². The van der Waals surface area contributed by atoms with Crippen LogP contribution in [0.5, 0.6) is 5.75 Å². The first-order valence-electron chi connectivity index (χ1n) is 6.94. The average Bonchev–Trinajstić information content (AvgIpc) is 2.47. The number of anilines is 1. The molecule has 2 nitrogen and oxygen atoms in total. The Labute approximate surface area is 123 Å². The molecule has 21 heavy (non-hydrogen) atoms. The van der Waals surface area contributed by atoms with Crippen LogP contribution in [-0.2, 0) is 6.54 Å². The van der Waals surface area contributed by atoms with Crippen LogP contribution in [0.15, 0.2) is 42.5 Å². The summed E-state index contributed by atoms with van der Waals surface area (Å²) in [6.45, 7) is 5.07. The van der Waals surface area contributed by atoms with Gasteiger partial charge in [-0.3, -0.25) is 0 Å². The van der Waals surface area contributed by atoms with E-state index in [0.29, 0.717) is 13.2 Å². The second-order valence-electron chi connectivity index (χ2n) is 4.81. The van der Waals surface area contributed by atoms with Crippen LogP contribution in [-0.4, -0.2) is 6.61 Å². The molecule has 112 valence electrons. The second kappa shape index (κ2) is 7.07. The molecule has 0 spiro atoms. The first-order chi connectivity index (χ1) is 10.1. The standard InChI is InChI=1S/C17H19F2NO/c1-3-21-15-7-8-16(12(2)9-15)20-11-13-5-4-6-14(10-13)17(18)19/h4-10,17,20H,3,11H2,1-2H3. The van der Waals surface area contributed by atoms with Gasteiger partial charge in [0.05, 0.1) is 6.61 Å². The summed E-state index contributed by atoms with van der Waals surface area (Å²) >= 11 is 0. The third kappa shape index (κ3) is 4.18. The van der Waals surface area contributed by atoms with Crippen LogP contribution in [0.2, 0.25) is 0 Å². The zero-order chi connectivity index (χ0) is 15.2. The molecule has 1 N–H and O–H groups in total. The van der Waals surface area contributed by atoms with Gasteiger partial charge in [0.2, 0.25) is 0 Å². The lowest BCUT2D eigenvalue weighted by Crippen LogP contribution is -2.02. The lowest BCUT2D eigenvalue weighted by Gasteiger charge is -2.12. The van der Waals surface area contributed by atoms with Gasteiger partial charge in [-0.1, -0.05) is 18.2 Å². The zero-order valence-electron chi connectivity index (χ0n) is 12.2. The van der Waals surface area contributed by atoms with Crippen LogP contribution in [0, 0.1) is 6.92 Å². The SMILES string of the molecule is CCOc1ccc(NCc2cccc(C(F)F)c2)c(C)c1. The maximum atomic E-state index is 12.7. The lowest BCUT2D eigenvalue weighted by molar-refractivity contribution is 0.151. The predicted octanol–water partition coefficient (Wildman–Crippen LogP) is 4.94. The third-order valence-corrected chi connectivity index (χ3v) is 3.19. The average molecular weight is 291 g/mol. The minimum atomic E-state index is -2.43. The number of ether oxygens (including phenoxy) is 1. The van der Waals surface area contributed by atoms with Gasteiger partial charge in [0, 0.05) is 17.8 Å². The Morgan fingerprint density at radius 2 is 1.95 bits per heavy atom. The third-order valence-electron chi connectivity index (χ3n) is 3.19. The van der Waals surface area contributed by atoms with Gasteiger partial charge in [0.15, 0.2) is 0 Å². The smallest absolute Gasteiger partial charge is 0.263 e. The molecule has 0 aliphatic heterocycles. The molecule has 0 saturated heterocycles. The topological polar surface area (TPSA) is 21.3 Å². The van der Waals surface area contributed by atoms with Gasteiger partial charge in [-0.05, 0) is 49.2 Å². The van der Waals surface area contributed by atoms with Crippen LogP contribution in [0.3, 0.4) is 0 Å². The first kappa shape index (κ1) is 15.3. The molecular weight excluding hydrogens is 272 g/mol. The lowest BCUT2D eigenvalue weighted by atomic mass is 10.1. The van der Waals surface area contributed by atoms with Crippen molar-refractivity contribution in [3.8, 4) is 5.75 Å². The van der Waals surface area contributed by atoms with E-state index in [2.05, 4.69) is 5.32 Å². The van der Waals surface area contributed by atoms with Crippen molar-refractivity contribution in [2.45, 2.75) is 26.8 Å². The summed E-state index contributed by atoms with van der Waals surface area (Å²) in [4.78, 5) is 0. The number of benzene rings is 2. The fraction of sp³-hybridized carbons (Fsp3) is 0.294. The molecule has 0 aliphatic carbocycles. The molecule has 0 bridgehead atoms. The van der Waals surface area contributed by atoms with Gasteiger partial charge in [0.25, 0.3) is 6.43 Å². The Balaban J connectivity index is 2.04. The Morgan fingerprint density at radius 3 is 2.62 bits per heavy atom. The van der Waals surface area contributed by atoms with Crippen LogP contribution in [0.4, 0.5) is 14.5 Å². The molecule has 4 heteroatoms. The van der Waals surface area contributed by atoms with E-state index in [9.17, 15) is 8.78 Å². The zero-order valence-corrected chi connectivity index (χ0v) is 12.2. The van der Waals surface area contributed by atoms with Gasteiger partial charge < -0.3 is 10.1 Å². The van der Waals surface area contributed by atoms with E-state index in [-0.39, 0.29) is 5.56 Å². The maximum Gasteiger partial charge on any atom is 0.263 e. The van der Waals surface area contributed by atoms with Gasteiger partial charge >= 0.3 is 0 Å². The highest BCUT2D eigenvalue weighted by Crippen LogP contribution is 2.23. The molecular formula is C17H19F2NO. The van der Waals surface area contributed by atoms with Crippen molar-refractivity contribution in [1.82, 2.24) is 0 Å². The van der Waals surface area contributed by atoms with E-state index in [4.69, 9.17) is 4.74 Å². The Morgan fingerprint density at radius 1 is 1.14 bits per heavy atom. The summed E-state index contributed by atoms with van der Waals surface area (Å²) in [6.07, 6.45) is -2.43. The number of halogens is 2. The molecule has 0 amide bonds. The van der Waals surface area contributed by atoms with Crippen molar-refractivity contribution < 1.29 is 13.5 Å². The molecule has 0 saturated carbocycles. The monoisotopic (exact) mass is 291 g/mol. The molecule has 2 aromatic carbocycles. The van der Waals surface area contributed by atoms with Gasteiger partial charge in [-0.15, -0.1) is 0 Å². The summed E-state index contributed by atoms with van der Waals surface area (Å²) < 4.78 is 30.7. The molecule has 0 heterocycles. The van der Waals surface area contributed by atoms with E-state index in [1.54, 1.807) is 6.07 Å². The van der Waals surface area contributed by atoms with Crippen molar-refractivity contribution in [1.29, 1.82) is 0 Å². The summed E-state index contributed by atoms with van der Waals surface area (Å²) in [5.41, 5.74) is 2.92. The van der Waals surface area contributed by atoms with Crippen LogP contribution in [0.1, 0.15) is 30.0 Å². The minimum absolute atomic E-state index is 0.0534. The van der Waals surface area contributed by atoms with E-state index in [1.165, 1.54) is 12.1 Å². The minimum Gasteiger partial charge on any atom is -0.494 e. The van der Waals surface area contributed by atoms with Crippen molar-refractivity contribution >= 4 is 5.69 Å². The van der Waals surface area contributed by atoms with Crippen molar-refractivity contribution in [2.75, 3.05) is 11.9 Å². The van der Waals surface area contributed by atoms with Crippen LogP contribution in [0.25, 0.3) is 0 Å². The largest absolute Gasteiger partial charge is 0.494 e. The Hall–Kier alpha value is -2.10. The molecule has 0 unspecified atom stereocenters. The number of hydrogen-bond donors (Lipinski definition) is 1. The molecule has 0 fully saturated rings. The Bertz CT molecular complexity index is 599. The van der Waals surface area contributed by atoms with Crippen LogP contribution < -0.4 is 10.1 Å².